The number of hydrogen-bond acceptors (Lipinski definition) is 3. The lowest BCUT2D eigenvalue weighted by Crippen LogP contribution is -2.09. The molecular weight excluding hydrogens is 305 g/mol. The molecule has 2 rings (SSSR count). The maximum absolute atomic E-state index is 12.7. The van der Waals surface area contributed by atoms with Crippen LogP contribution in [0.1, 0.15) is 47.4 Å². The zero-order valence-corrected chi connectivity index (χ0v) is 14.2. The Balaban J connectivity index is 0.000000505. The fraction of sp³-hybridized carbons (Fsp3) is 0.300. The quantitative estimate of drug-likeness (QED) is 0.771. The van der Waals surface area contributed by atoms with Crippen LogP contribution in [0.3, 0.4) is 0 Å². The minimum atomic E-state index is -0.378. The first-order chi connectivity index (χ1) is 11.6. The Bertz CT molecular complexity index is 622. The monoisotopic (exact) mass is 329 g/mol. The molecule has 0 saturated carbocycles. The number of hydrogen-bond donors (Lipinski definition) is 1. The molecule has 4 heteroatoms. The van der Waals surface area contributed by atoms with E-state index in [4.69, 9.17) is 0 Å². The molecule has 0 saturated heterocycles. The summed E-state index contributed by atoms with van der Waals surface area (Å²) in [4.78, 5) is 23.6. The highest BCUT2D eigenvalue weighted by Gasteiger charge is 2.10. The van der Waals surface area contributed by atoms with E-state index >= 15 is 0 Å². The van der Waals surface area contributed by atoms with Crippen molar-refractivity contribution < 1.29 is 14.0 Å². The maximum Gasteiger partial charge on any atom is 0.163 e. The second-order valence-corrected chi connectivity index (χ2v) is 5.18. The Morgan fingerprint density at radius 2 is 1.25 bits per heavy atom. The van der Waals surface area contributed by atoms with Crippen molar-refractivity contribution in [3.8, 4) is 0 Å². The van der Waals surface area contributed by atoms with Gasteiger partial charge in [0.05, 0.1) is 0 Å². The smallest absolute Gasteiger partial charge is 0.163 e. The van der Waals surface area contributed by atoms with E-state index in [1.807, 2.05) is 6.07 Å². The molecule has 1 N–H and O–H groups in total. The van der Waals surface area contributed by atoms with Crippen molar-refractivity contribution in [3.05, 3.63) is 71.5 Å². The van der Waals surface area contributed by atoms with Crippen molar-refractivity contribution in [2.75, 3.05) is 13.1 Å². The highest BCUT2D eigenvalue weighted by Crippen LogP contribution is 2.10. The predicted octanol–water partition coefficient (Wildman–Crippen LogP) is 4.29. The predicted molar refractivity (Wildman–Crippen MR) is 95.0 cm³/mol. The number of ketones is 2. The molecule has 0 amide bonds. The molecule has 0 heterocycles. The summed E-state index contributed by atoms with van der Waals surface area (Å²) in [5, 5.41) is 3.11. The van der Waals surface area contributed by atoms with Crippen LogP contribution in [0.15, 0.2) is 54.6 Å². The lowest BCUT2D eigenvalue weighted by Gasteiger charge is -2.01. The van der Waals surface area contributed by atoms with Gasteiger partial charge in [-0.1, -0.05) is 44.2 Å². The molecule has 0 bridgehead atoms. The molecule has 2 aromatic rings. The zero-order chi connectivity index (χ0) is 17.8. The summed E-state index contributed by atoms with van der Waals surface area (Å²) in [6, 6.07) is 14.2. The Kier molecular flexibility index (Phi) is 9.24. The average molecular weight is 329 g/mol. The van der Waals surface area contributed by atoms with Gasteiger partial charge in [-0.3, -0.25) is 9.59 Å². The van der Waals surface area contributed by atoms with E-state index in [0.717, 1.165) is 13.1 Å². The third-order valence-corrected chi connectivity index (χ3v) is 3.34. The Labute approximate surface area is 142 Å². The zero-order valence-electron chi connectivity index (χ0n) is 14.2. The van der Waals surface area contributed by atoms with Gasteiger partial charge in [0, 0.05) is 24.0 Å². The minimum absolute atomic E-state index is 0.0592. The van der Waals surface area contributed by atoms with Crippen LogP contribution in [0.4, 0.5) is 4.39 Å². The summed E-state index contributed by atoms with van der Waals surface area (Å²) in [5.41, 5.74) is 1.04. The largest absolute Gasteiger partial charge is 0.317 e. The van der Waals surface area contributed by atoms with Crippen LogP contribution in [0.2, 0.25) is 0 Å². The van der Waals surface area contributed by atoms with Crippen molar-refractivity contribution in [1.82, 2.24) is 5.32 Å². The lowest BCUT2D eigenvalue weighted by atomic mass is 10.0. The maximum atomic E-state index is 12.7. The van der Waals surface area contributed by atoms with Crippen molar-refractivity contribution in [1.29, 1.82) is 0 Å². The van der Waals surface area contributed by atoms with Crippen LogP contribution in [-0.2, 0) is 0 Å². The Morgan fingerprint density at radius 3 is 1.67 bits per heavy atom. The van der Waals surface area contributed by atoms with Crippen molar-refractivity contribution >= 4 is 11.6 Å². The normalized spacial score (nSPS) is 9.79. The van der Waals surface area contributed by atoms with Gasteiger partial charge in [-0.2, -0.15) is 0 Å². The fourth-order valence-corrected chi connectivity index (χ4v) is 2.03. The molecule has 0 radical (unpaired) electrons. The number of rotatable bonds is 7. The molecule has 0 spiro atoms. The fourth-order valence-electron chi connectivity index (χ4n) is 2.03. The average Bonchev–Trinajstić information content (AvgIpc) is 2.62. The molecule has 0 fully saturated rings. The molecule has 3 nitrogen and oxygen atoms in total. The second kappa shape index (κ2) is 11.2. The van der Waals surface area contributed by atoms with Gasteiger partial charge < -0.3 is 5.32 Å². The van der Waals surface area contributed by atoms with Gasteiger partial charge in [-0.05, 0) is 37.4 Å². The highest BCUT2D eigenvalue weighted by atomic mass is 19.1. The molecular formula is C20H24FNO2. The van der Waals surface area contributed by atoms with Crippen LogP contribution in [0.5, 0.6) is 0 Å². The van der Waals surface area contributed by atoms with Crippen LogP contribution in [-0.4, -0.2) is 24.7 Å². The summed E-state index contributed by atoms with van der Waals surface area (Å²) in [5.74, 6) is -0.586. The Hall–Kier alpha value is -2.33. The number of Topliss-reactive ketones (excluding diaryl/α,β-unsaturated/α-hetero) is 2. The van der Waals surface area contributed by atoms with Crippen LogP contribution in [0.25, 0.3) is 0 Å². The molecule has 2 aromatic carbocycles. The van der Waals surface area contributed by atoms with E-state index in [0.29, 0.717) is 11.1 Å². The molecule has 0 aliphatic rings. The molecule has 0 aliphatic heterocycles. The summed E-state index contributed by atoms with van der Waals surface area (Å²) < 4.78 is 12.7. The number of carbonyl (C=O) groups is 2. The van der Waals surface area contributed by atoms with Crippen LogP contribution >= 0.6 is 0 Å². The van der Waals surface area contributed by atoms with Gasteiger partial charge in [-0.25, -0.2) is 4.39 Å². The lowest BCUT2D eigenvalue weighted by molar-refractivity contribution is 0.0917. The van der Waals surface area contributed by atoms with E-state index < -0.39 is 0 Å². The van der Waals surface area contributed by atoms with E-state index in [2.05, 4.69) is 19.2 Å². The first-order valence-electron chi connectivity index (χ1n) is 8.16. The third kappa shape index (κ3) is 7.29. The number of nitrogens with one attached hydrogen (secondary N) is 1. The summed E-state index contributed by atoms with van der Waals surface area (Å²) >= 11 is 0. The van der Waals surface area contributed by atoms with E-state index in [-0.39, 0.29) is 30.2 Å². The molecule has 0 unspecified atom stereocenters. The first kappa shape index (κ1) is 19.7. The minimum Gasteiger partial charge on any atom is -0.317 e. The van der Waals surface area contributed by atoms with E-state index in [1.54, 1.807) is 24.3 Å². The Morgan fingerprint density at radius 1 is 0.792 bits per heavy atom. The molecule has 24 heavy (non-hydrogen) atoms. The van der Waals surface area contributed by atoms with Gasteiger partial charge in [0.1, 0.15) is 5.82 Å². The number of carbonyl (C=O) groups excluding carboxylic acids is 2. The molecule has 0 aromatic heterocycles. The van der Waals surface area contributed by atoms with E-state index in [9.17, 15) is 14.0 Å². The van der Waals surface area contributed by atoms with Gasteiger partial charge in [0.2, 0.25) is 0 Å². The summed E-state index contributed by atoms with van der Waals surface area (Å²) in [6.07, 6.45) is 0.305. The van der Waals surface area contributed by atoms with Gasteiger partial charge >= 0.3 is 0 Å². The SMILES string of the molecule is CCNCC.O=C(CCC(=O)c1ccc(F)cc1)c1ccccc1. The van der Waals surface area contributed by atoms with Gasteiger partial charge in [0.25, 0.3) is 0 Å². The topological polar surface area (TPSA) is 46.2 Å². The number of halogens is 1. The van der Waals surface area contributed by atoms with Crippen LogP contribution in [0, 0.1) is 5.82 Å². The highest BCUT2D eigenvalue weighted by molar-refractivity contribution is 6.02. The third-order valence-electron chi connectivity index (χ3n) is 3.34. The van der Waals surface area contributed by atoms with Crippen molar-refractivity contribution in [3.63, 3.8) is 0 Å². The van der Waals surface area contributed by atoms with Crippen LogP contribution < -0.4 is 5.32 Å². The molecule has 128 valence electrons. The second-order valence-electron chi connectivity index (χ2n) is 5.18. The summed E-state index contributed by atoms with van der Waals surface area (Å²) in [7, 11) is 0. The molecule has 0 aliphatic carbocycles. The summed E-state index contributed by atoms with van der Waals surface area (Å²) in [6.45, 7) is 6.39. The van der Waals surface area contributed by atoms with Gasteiger partial charge in [-0.15, -0.1) is 0 Å². The first-order valence-corrected chi connectivity index (χ1v) is 8.16. The van der Waals surface area contributed by atoms with E-state index in [1.165, 1.54) is 24.3 Å². The molecule has 0 atom stereocenters. The number of benzene rings is 2. The van der Waals surface area contributed by atoms with Crippen molar-refractivity contribution in [2.24, 2.45) is 0 Å². The van der Waals surface area contributed by atoms with Gasteiger partial charge in [0.15, 0.2) is 11.6 Å². The standard InChI is InChI=1S/C16H13FO2.C4H11N/c17-14-8-6-13(7-9-14)16(19)11-10-15(18)12-4-2-1-3-5-12;1-3-5-4-2/h1-9H,10-11H2;5H,3-4H2,1-2H3. The van der Waals surface area contributed by atoms with Crippen molar-refractivity contribution in [2.45, 2.75) is 26.7 Å².